The van der Waals surface area contributed by atoms with Gasteiger partial charge < -0.3 is 5.32 Å². The first-order valence-electron chi connectivity index (χ1n) is 9.86. The first-order valence-corrected chi connectivity index (χ1v) is 11.7. The maximum absolute atomic E-state index is 13.3. The van der Waals surface area contributed by atoms with Gasteiger partial charge in [0.05, 0.1) is 4.90 Å². The first-order chi connectivity index (χ1) is 14.7. The first kappa shape index (κ1) is 23.0. The molecular weight excluding hydrogens is 432 g/mol. The highest BCUT2D eigenvalue weighted by Crippen LogP contribution is 2.23. The van der Waals surface area contributed by atoms with E-state index in [0.717, 1.165) is 11.1 Å². The molecule has 0 saturated heterocycles. The predicted octanol–water partition coefficient (Wildman–Crippen LogP) is 4.79. The highest BCUT2D eigenvalue weighted by atomic mass is 35.5. The maximum Gasteiger partial charge on any atom is 0.242 e. The van der Waals surface area contributed by atoms with E-state index in [1.807, 2.05) is 49.4 Å². The summed E-state index contributed by atoms with van der Waals surface area (Å²) < 4.78 is 29.2. The Morgan fingerprint density at radius 2 is 1.52 bits per heavy atom. The molecule has 7 heteroatoms. The van der Waals surface area contributed by atoms with Crippen LogP contribution in [0.1, 0.15) is 22.3 Å². The van der Waals surface area contributed by atoms with Crippen molar-refractivity contribution in [3.63, 3.8) is 0 Å². The largest absolute Gasteiger partial charge is 0.325 e. The number of rotatable bonds is 7. The zero-order valence-electron chi connectivity index (χ0n) is 17.6. The minimum atomic E-state index is -3.93. The molecule has 0 fully saturated rings. The molecule has 1 atom stereocenters. The Kier molecular flexibility index (Phi) is 7.15. The molecule has 0 radical (unpaired) electrons. The molecule has 1 amide bonds. The SMILES string of the molecule is Cc1cc(C)c(S(=O)(=O)NC(Cc2ccccc2)C(=O)Nc2ccc(Cl)cc2)c(C)c1. The van der Waals surface area contributed by atoms with Crippen LogP contribution in [0.3, 0.4) is 0 Å². The number of halogens is 1. The van der Waals surface area contributed by atoms with Gasteiger partial charge in [-0.1, -0.05) is 59.6 Å². The van der Waals surface area contributed by atoms with E-state index in [4.69, 9.17) is 11.6 Å². The van der Waals surface area contributed by atoms with Crippen LogP contribution >= 0.6 is 11.6 Å². The third-order valence-electron chi connectivity index (χ3n) is 4.88. The second kappa shape index (κ2) is 9.64. The van der Waals surface area contributed by atoms with Gasteiger partial charge in [-0.3, -0.25) is 4.79 Å². The fourth-order valence-electron chi connectivity index (χ4n) is 3.64. The van der Waals surface area contributed by atoms with Crippen molar-refractivity contribution in [1.29, 1.82) is 0 Å². The van der Waals surface area contributed by atoms with Gasteiger partial charge >= 0.3 is 0 Å². The summed E-state index contributed by atoms with van der Waals surface area (Å²) in [4.78, 5) is 13.3. The number of benzene rings is 3. The number of sulfonamides is 1. The van der Waals surface area contributed by atoms with E-state index in [-0.39, 0.29) is 11.3 Å². The third kappa shape index (κ3) is 5.94. The second-order valence-corrected chi connectivity index (χ2v) is 9.67. The fourth-order valence-corrected chi connectivity index (χ4v) is 5.41. The summed E-state index contributed by atoms with van der Waals surface area (Å²) in [7, 11) is -3.93. The summed E-state index contributed by atoms with van der Waals surface area (Å²) in [5.41, 5.74) is 3.64. The Bertz CT molecular complexity index is 1150. The molecule has 3 aromatic rings. The van der Waals surface area contributed by atoms with Crippen LogP contribution in [-0.2, 0) is 21.2 Å². The third-order valence-corrected chi connectivity index (χ3v) is 6.91. The van der Waals surface area contributed by atoms with Crippen molar-refractivity contribution >= 4 is 33.2 Å². The van der Waals surface area contributed by atoms with Crippen molar-refractivity contribution in [2.24, 2.45) is 0 Å². The van der Waals surface area contributed by atoms with Crippen LogP contribution in [0.25, 0.3) is 0 Å². The van der Waals surface area contributed by atoms with Crippen LogP contribution in [0.15, 0.2) is 71.6 Å². The van der Waals surface area contributed by atoms with Gasteiger partial charge in [-0.05, 0) is 68.1 Å². The lowest BCUT2D eigenvalue weighted by Crippen LogP contribution is -2.45. The second-order valence-electron chi connectivity index (χ2n) is 7.59. The lowest BCUT2D eigenvalue weighted by Gasteiger charge is -2.20. The van der Waals surface area contributed by atoms with Gasteiger partial charge in [-0.2, -0.15) is 4.72 Å². The van der Waals surface area contributed by atoms with Gasteiger partial charge in [0.25, 0.3) is 0 Å². The van der Waals surface area contributed by atoms with Crippen LogP contribution in [0.2, 0.25) is 5.02 Å². The summed E-state index contributed by atoms with van der Waals surface area (Å²) in [6, 6.07) is 18.6. The molecule has 31 heavy (non-hydrogen) atoms. The molecule has 0 heterocycles. The average molecular weight is 457 g/mol. The average Bonchev–Trinajstić information content (AvgIpc) is 2.68. The van der Waals surface area contributed by atoms with E-state index in [2.05, 4.69) is 10.0 Å². The molecule has 0 spiro atoms. The van der Waals surface area contributed by atoms with E-state index < -0.39 is 22.0 Å². The van der Waals surface area contributed by atoms with Gasteiger partial charge in [0.2, 0.25) is 15.9 Å². The summed E-state index contributed by atoms with van der Waals surface area (Å²) in [6.45, 7) is 5.44. The van der Waals surface area contributed by atoms with Gasteiger partial charge in [0.1, 0.15) is 6.04 Å². The highest BCUT2D eigenvalue weighted by Gasteiger charge is 2.28. The molecule has 0 aliphatic rings. The Labute approximate surface area is 188 Å². The van der Waals surface area contributed by atoms with Crippen molar-refractivity contribution in [1.82, 2.24) is 4.72 Å². The number of hydrogen-bond acceptors (Lipinski definition) is 3. The van der Waals surface area contributed by atoms with Crippen molar-refractivity contribution in [3.8, 4) is 0 Å². The Morgan fingerprint density at radius 1 is 0.935 bits per heavy atom. The lowest BCUT2D eigenvalue weighted by atomic mass is 10.1. The standard InChI is InChI=1S/C24H25ClN2O3S/c1-16-13-17(2)23(18(3)14-16)31(29,30)27-22(15-19-7-5-4-6-8-19)24(28)26-21-11-9-20(25)10-12-21/h4-14,22,27H,15H2,1-3H3,(H,26,28). The molecule has 3 rings (SSSR count). The summed E-state index contributed by atoms with van der Waals surface area (Å²) in [5.74, 6) is -0.447. The lowest BCUT2D eigenvalue weighted by molar-refractivity contribution is -0.117. The summed E-state index contributed by atoms with van der Waals surface area (Å²) in [5, 5.41) is 3.32. The molecule has 3 aromatic carbocycles. The number of anilines is 1. The molecule has 0 saturated carbocycles. The molecule has 0 bridgehead atoms. The number of nitrogens with one attached hydrogen (secondary N) is 2. The summed E-state index contributed by atoms with van der Waals surface area (Å²) >= 11 is 5.91. The minimum Gasteiger partial charge on any atom is -0.325 e. The van der Waals surface area contributed by atoms with E-state index in [1.54, 1.807) is 38.1 Å². The molecule has 0 aromatic heterocycles. The Morgan fingerprint density at radius 3 is 2.10 bits per heavy atom. The van der Waals surface area contributed by atoms with Gasteiger partial charge in [0, 0.05) is 10.7 Å². The molecule has 2 N–H and O–H groups in total. The minimum absolute atomic E-state index is 0.204. The van der Waals surface area contributed by atoms with Crippen LogP contribution in [0.5, 0.6) is 0 Å². The van der Waals surface area contributed by atoms with Crippen LogP contribution in [0, 0.1) is 20.8 Å². The number of amides is 1. The monoisotopic (exact) mass is 456 g/mol. The van der Waals surface area contributed by atoms with E-state index in [9.17, 15) is 13.2 Å². The number of carbonyl (C=O) groups is 1. The van der Waals surface area contributed by atoms with Crippen molar-refractivity contribution in [3.05, 3.63) is 94.0 Å². The highest BCUT2D eigenvalue weighted by molar-refractivity contribution is 7.89. The normalized spacial score (nSPS) is 12.4. The molecule has 162 valence electrons. The molecular formula is C24H25ClN2O3S. The van der Waals surface area contributed by atoms with Crippen molar-refractivity contribution in [2.75, 3.05) is 5.32 Å². The number of aryl methyl sites for hydroxylation is 3. The topological polar surface area (TPSA) is 75.3 Å². The molecule has 0 aliphatic heterocycles. The van der Waals surface area contributed by atoms with Crippen molar-refractivity contribution < 1.29 is 13.2 Å². The molecule has 0 aliphatic carbocycles. The fraction of sp³-hybridized carbons (Fsp3) is 0.208. The van der Waals surface area contributed by atoms with E-state index in [1.165, 1.54) is 0 Å². The van der Waals surface area contributed by atoms with Gasteiger partial charge in [-0.25, -0.2) is 8.42 Å². The maximum atomic E-state index is 13.3. The van der Waals surface area contributed by atoms with E-state index >= 15 is 0 Å². The van der Waals surface area contributed by atoms with Crippen LogP contribution in [0.4, 0.5) is 5.69 Å². The predicted molar refractivity (Wildman–Crippen MR) is 125 cm³/mol. The molecule has 5 nitrogen and oxygen atoms in total. The Balaban J connectivity index is 1.92. The van der Waals surface area contributed by atoms with E-state index in [0.29, 0.717) is 21.8 Å². The number of carbonyl (C=O) groups excluding carboxylic acids is 1. The Hall–Kier alpha value is -2.67. The van der Waals surface area contributed by atoms with Crippen LogP contribution < -0.4 is 10.0 Å². The number of hydrogen-bond donors (Lipinski definition) is 2. The van der Waals surface area contributed by atoms with Gasteiger partial charge in [-0.15, -0.1) is 0 Å². The zero-order valence-corrected chi connectivity index (χ0v) is 19.2. The summed E-state index contributed by atoms with van der Waals surface area (Å²) in [6.07, 6.45) is 0.212. The van der Waals surface area contributed by atoms with Gasteiger partial charge in [0.15, 0.2) is 0 Å². The van der Waals surface area contributed by atoms with Crippen LogP contribution in [-0.4, -0.2) is 20.4 Å². The molecule has 1 unspecified atom stereocenters. The smallest absolute Gasteiger partial charge is 0.242 e. The van der Waals surface area contributed by atoms with Crippen molar-refractivity contribution in [2.45, 2.75) is 38.1 Å². The zero-order chi connectivity index (χ0) is 22.6. The quantitative estimate of drug-likeness (QED) is 0.536.